The Kier molecular flexibility index (Phi) is 4.95. The minimum atomic E-state index is -3.74. The Morgan fingerprint density at radius 1 is 1.26 bits per heavy atom. The van der Waals surface area contributed by atoms with Crippen molar-refractivity contribution in [1.29, 1.82) is 0 Å². The fourth-order valence-electron chi connectivity index (χ4n) is 1.18. The maximum atomic E-state index is 11.6. The number of carbonyl (C=O) groups excluding carboxylic acids is 1. The maximum absolute atomic E-state index is 11.6. The molecule has 0 radical (unpaired) electrons. The number of hydrogen-bond acceptors (Lipinski definition) is 4. The van der Waals surface area contributed by atoms with E-state index in [1.807, 2.05) is 20.8 Å². The van der Waals surface area contributed by atoms with Crippen LogP contribution in [0.25, 0.3) is 0 Å². The smallest absolute Gasteiger partial charge is 0.261 e. The van der Waals surface area contributed by atoms with Gasteiger partial charge in [0.15, 0.2) is 0 Å². The summed E-state index contributed by atoms with van der Waals surface area (Å²) in [5.74, 6) is -0.309. The molecule has 1 amide bonds. The first kappa shape index (κ1) is 15.9. The Hall–Kier alpha value is -1.11. The molecule has 0 aliphatic heterocycles. The monoisotopic (exact) mass is 305 g/mol. The summed E-state index contributed by atoms with van der Waals surface area (Å²) in [6, 6.07) is 5.57. The molecule has 0 aliphatic rings. The van der Waals surface area contributed by atoms with E-state index in [4.69, 9.17) is 15.4 Å². The van der Waals surface area contributed by atoms with Gasteiger partial charge in [0.05, 0.1) is 10.5 Å². The molecule has 5 nitrogen and oxygen atoms in total. The number of benzene rings is 1. The molecule has 0 saturated carbocycles. The lowest BCUT2D eigenvalue weighted by Crippen LogP contribution is -2.27. The minimum Gasteiger partial charge on any atom is -0.366 e. The number of halogens is 1. The van der Waals surface area contributed by atoms with Crippen LogP contribution in [0.4, 0.5) is 5.69 Å². The third kappa shape index (κ3) is 6.04. The number of nitrogens with one attached hydrogen (secondary N) is 1. The van der Waals surface area contributed by atoms with Gasteiger partial charge in [0.2, 0.25) is 5.91 Å². The van der Waals surface area contributed by atoms with E-state index >= 15 is 0 Å². The van der Waals surface area contributed by atoms with Gasteiger partial charge in [-0.2, -0.15) is 0 Å². The first-order valence-electron chi connectivity index (χ1n) is 5.56. The van der Waals surface area contributed by atoms with Gasteiger partial charge in [-0.05, 0) is 45.0 Å². The molecule has 0 aromatic heterocycles. The van der Waals surface area contributed by atoms with Crippen LogP contribution in [0.5, 0.6) is 0 Å². The van der Waals surface area contributed by atoms with Crippen LogP contribution >= 0.6 is 10.7 Å². The zero-order valence-electron chi connectivity index (χ0n) is 10.9. The summed E-state index contributed by atoms with van der Waals surface area (Å²) in [5, 5.41) is 2.59. The molecule has 106 valence electrons. The number of ether oxygens (including phenoxy) is 1. The Morgan fingerprint density at radius 3 is 2.21 bits per heavy atom. The van der Waals surface area contributed by atoms with Crippen LogP contribution in [-0.2, 0) is 18.6 Å². The first-order chi connectivity index (χ1) is 8.58. The normalized spacial score (nSPS) is 12.2. The first-order valence-corrected chi connectivity index (χ1v) is 7.87. The number of amides is 1. The second kappa shape index (κ2) is 5.90. The molecule has 0 bridgehead atoms. The predicted molar refractivity (Wildman–Crippen MR) is 73.8 cm³/mol. The van der Waals surface area contributed by atoms with Gasteiger partial charge in [0.25, 0.3) is 9.05 Å². The summed E-state index contributed by atoms with van der Waals surface area (Å²) in [6.45, 7) is 5.47. The van der Waals surface area contributed by atoms with E-state index in [1.165, 1.54) is 24.3 Å². The van der Waals surface area contributed by atoms with E-state index in [2.05, 4.69) is 5.32 Å². The summed E-state index contributed by atoms with van der Waals surface area (Å²) < 4.78 is 27.4. The average Bonchev–Trinajstić information content (AvgIpc) is 2.25. The molecule has 1 N–H and O–H groups in total. The maximum Gasteiger partial charge on any atom is 0.261 e. The van der Waals surface area contributed by atoms with Crippen molar-refractivity contribution in [1.82, 2.24) is 0 Å². The van der Waals surface area contributed by atoms with E-state index in [1.54, 1.807) is 0 Å². The lowest BCUT2D eigenvalue weighted by atomic mass is 10.2. The molecule has 0 unspecified atom stereocenters. The van der Waals surface area contributed by atoms with Gasteiger partial charge in [-0.1, -0.05) is 0 Å². The van der Waals surface area contributed by atoms with Gasteiger partial charge in [-0.15, -0.1) is 0 Å². The molecule has 1 aromatic rings. The van der Waals surface area contributed by atoms with E-state index in [-0.39, 0.29) is 17.4 Å². The molecule has 19 heavy (non-hydrogen) atoms. The fourth-order valence-corrected chi connectivity index (χ4v) is 1.95. The molecule has 7 heteroatoms. The second-order valence-electron chi connectivity index (χ2n) is 4.91. The number of carbonyl (C=O) groups is 1. The van der Waals surface area contributed by atoms with Gasteiger partial charge >= 0.3 is 0 Å². The Balaban J connectivity index is 2.61. The van der Waals surface area contributed by atoms with Crippen LogP contribution < -0.4 is 5.32 Å². The van der Waals surface area contributed by atoms with E-state index in [0.29, 0.717) is 5.69 Å². The van der Waals surface area contributed by atoms with Gasteiger partial charge in [-0.3, -0.25) is 4.79 Å². The van der Waals surface area contributed by atoms with Crippen molar-refractivity contribution in [2.24, 2.45) is 0 Å². The van der Waals surface area contributed by atoms with Crippen molar-refractivity contribution in [3.63, 3.8) is 0 Å². The van der Waals surface area contributed by atoms with Crippen LogP contribution in [0.3, 0.4) is 0 Å². The molecule has 0 atom stereocenters. The van der Waals surface area contributed by atoms with Gasteiger partial charge in [0.1, 0.15) is 6.61 Å². The summed E-state index contributed by atoms with van der Waals surface area (Å²) in [6.07, 6.45) is 0. The zero-order valence-corrected chi connectivity index (χ0v) is 12.5. The SMILES string of the molecule is CC(C)(C)OCC(=O)Nc1ccc(S(=O)(=O)Cl)cc1. The Morgan fingerprint density at radius 2 is 1.79 bits per heavy atom. The molecule has 1 aromatic carbocycles. The van der Waals surface area contributed by atoms with Crippen LogP contribution in [0.15, 0.2) is 29.2 Å². The zero-order chi connectivity index (χ0) is 14.7. The van der Waals surface area contributed by atoms with Gasteiger partial charge < -0.3 is 10.1 Å². The van der Waals surface area contributed by atoms with Crippen LogP contribution in [-0.4, -0.2) is 26.5 Å². The topological polar surface area (TPSA) is 72.5 Å². The summed E-state index contributed by atoms with van der Waals surface area (Å²) in [4.78, 5) is 11.5. The third-order valence-electron chi connectivity index (χ3n) is 2.06. The van der Waals surface area contributed by atoms with Crippen LogP contribution in [0.1, 0.15) is 20.8 Å². The third-order valence-corrected chi connectivity index (χ3v) is 3.43. The van der Waals surface area contributed by atoms with Crippen molar-refractivity contribution in [2.45, 2.75) is 31.3 Å². The molecule has 0 spiro atoms. The highest BCUT2D eigenvalue weighted by atomic mass is 35.7. The molecule has 0 fully saturated rings. The minimum absolute atomic E-state index is 0.0156. The highest BCUT2D eigenvalue weighted by Gasteiger charge is 2.13. The average molecular weight is 306 g/mol. The second-order valence-corrected chi connectivity index (χ2v) is 7.48. The Bertz CT molecular complexity index is 546. The van der Waals surface area contributed by atoms with Crippen molar-refractivity contribution in [2.75, 3.05) is 11.9 Å². The predicted octanol–water partition coefficient (Wildman–Crippen LogP) is 2.37. The standard InChI is InChI=1S/C12H16ClNO4S/c1-12(2,3)18-8-11(15)14-9-4-6-10(7-5-9)19(13,16)17/h4-7H,8H2,1-3H3,(H,14,15). The molecule has 1 rings (SSSR count). The largest absolute Gasteiger partial charge is 0.366 e. The van der Waals surface area contributed by atoms with Crippen molar-refractivity contribution < 1.29 is 17.9 Å². The lowest BCUT2D eigenvalue weighted by molar-refractivity contribution is -0.125. The molecule has 0 aliphatic carbocycles. The van der Waals surface area contributed by atoms with E-state index in [0.717, 1.165) is 0 Å². The highest BCUT2D eigenvalue weighted by Crippen LogP contribution is 2.17. The Labute approximate surface area is 117 Å². The molecule has 0 saturated heterocycles. The van der Waals surface area contributed by atoms with Crippen LogP contribution in [0.2, 0.25) is 0 Å². The summed E-state index contributed by atoms with van der Waals surface area (Å²) in [5.41, 5.74) is 0.0834. The number of anilines is 1. The summed E-state index contributed by atoms with van der Waals surface area (Å²) in [7, 11) is 1.44. The quantitative estimate of drug-likeness (QED) is 0.867. The molecular formula is C12H16ClNO4S. The van der Waals surface area contributed by atoms with Crippen molar-refractivity contribution in [3.8, 4) is 0 Å². The van der Waals surface area contributed by atoms with E-state index in [9.17, 15) is 13.2 Å². The van der Waals surface area contributed by atoms with Crippen molar-refractivity contribution in [3.05, 3.63) is 24.3 Å². The lowest BCUT2D eigenvalue weighted by Gasteiger charge is -2.18. The highest BCUT2D eigenvalue weighted by molar-refractivity contribution is 8.13. The van der Waals surface area contributed by atoms with Crippen molar-refractivity contribution >= 4 is 31.3 Å². The van der Waals surface area contributed by atoms with Crippen LogP contribution in [0, 0.1) is 0 Å². The van der Waals surface area contributed by atoms with E-state index < -0.39 is 14.7 Å². The van der Waals surface area contributed by atoms with Gasteiger partial charge in [-0.25, -0.2) is 8.42 Å². The summed E-state index contributed by atoms with van der Waals surface area (Å²) >= 11 is 0. The molecular weight excluding hydrogens is 290 g/mol. The fraction of sp³-hybridized carbons (Fsp3) is 0.417. The molecule has 0 heterocycles. The van der Waals surface area contributed by atoms with Gasteiger partial charge in [0, 0.05) is 16.4 Å². The number of hydrogen-bond donors (Lipinski definition) is 1. The number of rotatable bonds is 4.